The smallest absolute Gasteiger partial charge is 0.310 e. The minimum atomic E-state index is -0.616. The van der Waals surface area contributed by atoms with Gasteiger partial charge in [-0.2, -0.15) is 0 Å². The molecule has 0 radical (unpaired) electrons. The number of ether oxygens (including phenoxy) is 1. The van der Waals surface area contributed by atoms with E-state index in [1.165, 1.54) is 25.3 Å². The SMILES string of the molecule is COC(=O)Cc1ccccc1O.O=[N+]([O-])c1cc2cc([N+](=O)[O-])c1-2. The number of nitrogens with zero attached hydrogens (tertiary/aromatic N) is 2. The molecule has 0 saturated carbocycles. The summed E-state index contributed by atoms with van der Waals surface area (Å²) in [6.45, 7) is 0. The van der Waals surface area contributed by atoms with Crippen LogP contribution in [0.15, 0.2) is 36.4 Å². The van der Waals surface area contributed by atoms with Gasteiger partial charge in [0.05, 0.1) is 23.4 Å². The molecule has 0 amide bonds. The maximum atomic E-state index is 10.8. The quantitative estimate of drug-likeness (QED) is 0.441. The summed E-state index contributed by atoms with van der Waals surface area (Å²) in [5.74, 6) is -0.223. The summed E-state index contributed by atoms with van der Waals surface area (Å²) in [6, 6.07) is 9.34. The van der Waals surface area contributed by atoms with Crippen molar-refractivity contribution in [3.63, 3.8) is 0 Å². The van der Waals surface area contributed by atoms with Gasteiger partial charge < -0.3 is 9.84 Å². The number of para-hydroxylation sites is 1. The second kappa shape index (κ2) is 6.73. The molecule has 0 heterocycles. The summed E-state index contributed by atoms with van der Waals surface area (Å²) < 4.78 is 4.46. The van der Waals surface area contributed by atoms with Gasteiger partial charge in [0, 0.05) is 23.3 Å². The largest absolute Gasteiger partial charge is 0.508 e. The molecule has 0 atom stereocenters. The molecule has 124 valence electrons. The Morgan fingerprint density at radius 2 is 1.67 bits per heavy atom. The van der Waals surface area contributed by atoms with Crippen molar-refractivity contribution in [1.82, 2.24) is 0 Å². The van der Waals surface area contributed by atoms with Crippen molar-refractivity contribution in [1.29, 1.82) is 0 Å². The van der Waals surface area contributed by atoms with Gasteiger partial charge in [-0.15, -0.1) is 0 Å². The summed E-state index contributed by atoms with van der Waals surface area (Å²) in [5, 5.41) is 29.6. The van der Waals surface area contributed by atoms with E-state index in [0.29, 0.717) is 11.1 Å². The van der Waals surface area contributed by atoms with Crippen LogP contribution < -0.4 is 0 Å². The van der Waals surface area contributed by atoms with E-state index < -0.39 is 9.85 Å². The average molecular weight is 332 g/mol. The lowest BCUT2D eigenvalue weighted by atomic mass is 9.88. The van der Waals surface area contributed by atoms with E-state index in [0.717, 1.165) is 0 Å². The maximum absolute atomic E-state index is 10.8. The highest BCUT2D eigenvalue weighted by Gasteiger charge is 2.38. The number of nitro groups is 2. The third-order valence-electron chi connectivity index (χ3n) is 3.33. The fraction of sp³-hybridized carbons (Fsp3) is 0.133. The van der Waals surface area contributed by atoms with Crippen molar-refractivity contribution in [2.45, 2.75) is 6.42 Å². The van der Waals surface area contributed by atoms with Gasteiger partial charge in [0.1, 0.15) is 11.3 Å². The van der Waals surface area contributed by atoms with Crippen LogP contribution >= 0.6 is 0 Å². The number of carbonyl (C=O) groups excluding carboxylic acids is 1. The molecule has 1 N–H and O–H groups in total. The van der Waals surface area contributed by atoms with E-state index in [4.69, 9.17) is 0 Å². The maximum Gasteiger partial charge on any atom is 0.310 e. The Morgan fingerprint density at radius 1 is 1.12 bits per heavy atom. The number of aromatic hydroxyl groups is 1. The third-order valence-corrected chi connectivity index (χ3v) is 3.33. The van der Waals surface area contributed by atoms with Crippen molar-refractivity contribution in [3.05, 3.63) is 62.2 Å². The molecule has 2 aliphatic rings. The zero-order valence-electron chi connectivity index (χ0n) is 12.5. The predicted octanol–water partition coefficient (Wildman–Crippen LogP) is 2.59. The van der Waals surface area contributed by atoms with Gasteiger partial charge in [-0.05, 0) is 6.07 Å². The van der Waals surface area contributed by atoms with Crippen molar-refractivity contribution < 1.29 is 24.5 Å². The molecule has 0 saturated heterocycles. The first kappa shape index (κ1) is 16.9. The van der Waals surface area contributed by atoms with Gasteiger partial charge in [-0.25, -0.2) is 0 Å². The summed E-state index contributed by atoms with van der Waals surface area (Å²) in [7, 11) is 1.32. The number of esters is 1. The number of carbonyl (C=O) groups is 1. The Balaban J connectivity index is 0.000000174. The highest BCUT2D eigenvalue weighted by Crippen LogP contribution is 2.50. The second-order valence-electron chi connectivity index (χ2n) is 4.79. The Labute approximate surface area is 135 Å². The number of methoxy groups -OCH3 is 1. The summed E-state index contributed by atoms with van der Waals surface area (Å²) >= 11 is 0. The van der Waals surface area contributed by atoms with E-state index in [-0.39, 0.29) is 35.1 Å². The monoisotopic (exact) mass is 332 g/mol. The molecule has 0 unspecified atom stereocenters. The van der Waals surface area contributed by atoms with Gasteiger partial charge in [-0.1, -0.05) is 18.2 Å². The fourth-order valence-corrected chi connectivity index (χ4v) is 2.07. The van der Waals surface area contributed by atoms with Gasteiger partial charge in [0.25, 0.3) is 11.4 Å². The number of benzene rings is 2. The van der Waals surface area contributed by atoms with E-state index >= 15 is 0 Å². The Morgan fingerprint density at radius 3 is 2.08 bits per heavy atom. The summed E-state index contributed by atoms with van der Waals surface area (Å²) in [4.78, 5) is 30.0. The molecule has 2 aliphatic carbocycles. The average Bonchev–Trinajstić information content (AvgIpc) is 2.51. The van der Waals surface area contributed by atoms with E-state index in [1.54, 1.807) is 18.2 Å². The fourth-order valence-electron chi connectivity index (χ4n) is 2.07. The molecule has 1 aromatic carbocycles. The van der Waals surface area contributed by atoms with Crippen LogP contribution in [-0.4, -0.2) is 28.0 Å². The second-order valence-corrected chi connectivity index (χ2v) is 4.79. The van der Waals surface area contributed by atoms with Gasteiger partial charge in [0.15, 0.2) is 0 Å². The molecule has 9 nitrogen and oxygen atoms in total. The van der Waals surface area contributed by atoms with Crippen LogP contribution in [-0.2, 0) is 16.0 Å². The Bertz CT molecular complexity index is 797. The first-order valence-electron chi connectivity index (χ1n) is 6.66. The topological polar surface area (TPSA) is 133 Å². The molecule has 0 bridgehead atoms. The standard InChI is InChI=1S/C9H10O3.C6H2N2O4/c1-12-9(11)6-7-4-2-3-5-8(7)10;9-7(10)4-1-3-2-5(6(3)4)8(11)12/h2-5,10H,6H2,1H3;1-2H. The van der Waals surface area contributed by atoms with Crippen molar-refractivity contribution in [3.8, 4) is 16.9 Å². The minimum absolute atomic E-state index is 0.114. The lowest BCUT2D eigenvalue weighted by molar-refractivity contribution is -0.394. The lowest BCUT2D eigenvalue weighted by Gasteiger charge is -2.14. The van der Waals surface area contributed by atoms with Crippen LogP contribution in [0.3, 0.4) is 0 Å². The first-order valence-corrected chi connectivity index (χ1v) is 6.66. The minimum Gasteiger partial charge on any atom is -0.508 e. The zero-order chi connectivity index (χ0) is 17.9. The molecule has 1 aromatic rings. The molecular formula is C15H12N2O7. The van der Waals surface area contributed by atoms with Crippen molar-refractivity contribution >= 4 is 17.3 Å². The highest BCUT2D eigenvalue weighted by molar-refractivity contribution is 5.97. The van der Waals surface area contributed by atoms with Crippen LogP contribution in [0, 0.1) is 20.2 Å². The summed E-state index contributed by atoms with van der Waals surface area (Å²) in [5.41, 5.74) is 1.07. The van der Waals surface area contributed by atoms with Crippen molar-refractivity contribution in [2.75, 3.05) is 7.11 Å². The number of hydrogen-bond donors (Lipinski definition) is 1. The number of rotatable bonds is 4. The van der Waals surface area contributed by atoms with Crippen molar-refractivity contribution in [2.24, 2.45) is 0 Å². The number of hydrogen-bond acceptors (Lipinski definition) is 7. The number of nitro benzene ring substituents is 2. The van der Waals surface area contributed by atoms with Crippen LogP contribution in [0.2, 0.25) is 0 Å². The highest BCUT2D eigenvalue weighted by atomic mass is 16.6. The van der Waals surface area contributed by atoms with E-state index in [9.17, 15) is 30.1 Å². The van der Waals surface area contributed by atoms with E-state index in [1.807, 2.05) is 0 Å². The van der Waals surface area contributed by atoms with Crippen LogP contribution in [0.25, 0.3) is 11.1 Å². The zero-order valence-corrected chi connectivity index (χ0v) is 12.5. The molecule has 3 rings (SSSR count). The molecule has 0 spiro atoms. The molecule has 0 fully saturated rings. The molecule has 9 heteroatoms. The third kappa shape index (κ3) is 3.29. The number of fused-ring (bicyclic) bond motifs is 1. The van der Waals surface area contributed by atoms with Gasteiger partial charge >= 0.3 is 5.97 Å². The Hall–Kier alpha value is -3.49. The first-order chi connectivity index (χ1) is 11.3. The van der Waals surface area contributed by atoms with E-state index in [2.05, 4.69) is 4.74 Å². The van der Waals surface area contributed by atoms with Crippen LogP contribution in [0.4, 0.5) is 11.4 Å². The van der Waals surface area contributed by atoms with Gasteiger partial charge in [0.2, 0.25) is 0 Å². The van der Waals surface area contributed by atoms with Crippen LogP contribution in [0.1, 0.15) is 5.56 Å². The van der Waals surface area contributed by atoms with Crippen LogP contribution in [0.5, 0.6) is 5.75 Å². The molecule has 24 heavy (non-hydrogen) atoms. The lowest BCUT2D eigenvalue weighted by Crippen LogP contribution is -2.06. The summed E-state index contributed by atoms with van der Waals surface area (Å²) in [6.07, 6.45) is 0.114. The Kier molecular flexibility index (Phi) is 4.73. The molecule has 0 aliphatic heterocycles. The molecule has 0 aromatic heterocycles. The molecular weight excluding hydrogens is 320 g/mol. The predicted molar refractivity (Wildman–Crippen MR) is 82.6 cm³/mol. The normalized spacial score (nSPS) is 10.2. The number of phenolic OH excluding ortho intramolecular Hbond substituents is 1. The number of phenols is 1. The van der Waals surface area contributed by atoms with Gasteiger partial charge in [-0.3, -0.25) is 25.0 Å².